The van der Waals surface area contributed by atoms with Crippen LogP contribution in [0.15, 0.2) is 39.4 Å². The third-order valence-electron chi connectivity index (χ3n) is 7.07. The van der Waals surface area contributed by atoms with Gasteiger partial charge in [0.15, 0.2) is 0 Å². The largest absolute Gasteiger partial charge is 0.366 e. The van der Waals surface area contributed by atoms with Crippen LogP contribution in [0, 0.1) is 0 Å². The van der Waals surface area contributed by atoms with Gasteiger partial charge >= 0.3 is 0 Å². The second kappa shape index (κ2) is 8.10. The Hall–Kier alpha value is -2.36. The summed E-state index contributed by atoms with van der Waals surface area (Å²) in [7, 11) is -4.50. The zero-order chi connectivity index (χ0) is 24.4. The maximum Gasteiger partial charge on any atom is 0.297 e. The minimum Gasteiger partial charge on any atom is -0.366 e. The van der Waals surface area contributed by atoms with E-state index in [0.29, 0.717) is 23.0 Å². The van der Waals surface area contributed by atoms with Crippen LogP contribution in [0.2, 0.25) is 0 Å². The Balaban J connectivity index is 1.65. The second-order valence-electron chi connectivity index (χ2n) is 10.4. The minimum absolute atomic E-state index is 0.0864. The molecule has 0 saturated heterocycles. The van der Waals surface area contributed by atoms with E-state index in [9.17, 15) is 13.0 Å². The van der Waals surface area contributed by atoms with Crippen molar-refractivity contribution in [1.29, 1.82) is 0 Å². The molecule has 2 aromatic carbocycles. The molecule has 0 spiro atoms. The van der Waals surface area contributed by atoms with Crippen molar-refractivity contribution in [3.8, 4) is 0 Å². The first kappa shape index (κ1) is 23.4. The summed E-state index contributed by atoms with van der Waals surface area (Å²) < 4.78 is 36.4. The Morgan fingerprint density at radius 3 is 2.71 bits per heavy atom. The van der Waals surface area contributed by atoms with E-state index >= 15 is 0 Å². The van der Waals surface area contributed by atoms with Crippen LogP contribution in [0.3, 0.4) is 0 Å². The van der Waals surface area contributed by atoms with Gasteiger partial charge in [-0.25, -0.2) is 4.98 Å². The number of fused-ring (bicyclic) bond motifs is 1. The third kappa shape index (κ3) is 3.93. The summed E-state index contributed by atoms with van der Waals surface area (Å²) >= 11 is 1.42. The molecule has 1 unspecified atom stereocenters. The van der Waals surface area contributed by atoms with Crippen molar-refractivity contribution in [2.75, 3.05) is 11.4 Å². The summed E-state index contributed by atoms with van der Waals surface area (Å²) in [4.78, 5) is 6.73. The van der Waals surface area contributed by atoms with Gasteiger partial charge in [0.05, 0.1) is 10.2 Å². The van der Waals surface area contributed by atoms with Crippen molar-refractivity contribution in [3.63, 3.8) is 0 Å². The lowest BCUT2D eigenvalue weighted by atomic mass is 9.77. The van der Waals surface area contributed by atoms with Gasteiger partial charge in [0, 0.05) is 17.8 Å². The van der Waals surface area contributed by atoms with Crippen molar-refractivity contribution in [3.05, 3.63) is 41.0 Å². The number of anilines is 1. The molecule has 1 N–H and O–H groups in total. The summed E-state index contributed by atoms with van der Waals surface area (Å²) in [5.41, 5.74) is 4.84. The van der Waals surface area contributed by atoms with Crippen molar-refractivity contribution in [2.24, 2.45) is 10.2 Å². The molecule has 7 nitrogen and oxygen atoms in total. The first-order chi connectivity index (χ1) is 16.0. The summed E-state index contributed by atoms with van der Waals surface area (Å²) in [6, 6.07) is 7.95. The SMILES string of the molecule is CC(C)c1ccc2nc(N=Nc3cc4c5c(c3S(=O)(=O)O)CCCN5C(C)(C)CC4C)sc2c1. The van der Waals surface area contributed by atoms with Crippen molar-refractivity contribution in [1.82, 2.24) is 4.98 Å². The normalized spacial score (nSPS) is 19.9. The van der Waals surface area contributed by atoms with E-state index in [2.05, 4.69) is 66.9 Å². The topological polar surface area (TPSA) is 95.2 Å². The molecule has 3 aromatic rings. The Bertz CT molecular complexity index is 1420. The zero-order valence-electron chi connectivity index (χ0n) is 20.2. The Morgan fingerprint density at radius 2 is 2.00 bits per heavy atom. The van der Waals surface area contributed by atoms with Gasteiger partial charge in [-0.2, -0.15) is 8.42 Å². The summed E-state index contributed by atoms with van der Waals surface area (Å²) in [6.07, 6.45) is 2.36. The van der Waals surface area contributed by atoms with Gasteiger partial charge in [0.1, 0.15) is 10.6 Å². The number of thiazole rings is 1. The van der Waals surface area contributed by atoms with E-state index in [1.165, 1.54) is 16.9 Å². The molecule has 0 amide bonds. The molecule has 3 heterocycles. The predicted octanol–water partition coefficient (Wildman–Crippen LogP) is 7.12. The van der Waals surface area contributed by atoms with E-state index in [1.807, 2.05) is 6.07 Å². The number of aromatic nitrogens is 1. The first-order valence-corrected chi connectivity index (χ1v) is 14.0. The fraction of sp³-hybridized carbons (Fsp3) is 0.480. The maximum atomic E-state index is 12.6. The molecule has 34 heavy (non-hydrogen) atoms. The molecule has 0 aliphatic carbocycles. The summed E-state index contributed by atoms with van der Waals surface area (Å²) in [5.74, 6) is 0.646. The number of hydrogen-bond acceptors (Lipinski definition) is 7. The molecule has 0 fully saturated rings. The number of azo groups is 1. The standard InChI is InChI=1S/C25H30N4O3S2/c1-14(2)16-8-9-19-21(11-16)33-24(26-19)28-27-20-12-18-15(3)13-25(4,5)29-10-6-7-17(22(18)29)23(20)34(30,31)32/h8-9,11-12,14-15H,6-7,10,13H2,1-5H3,(H,30,31,32). The Kier molecular flexibility index (Phi) is 5.57. The van der Waals surface area contributed by atoms with Gasteiger partial charge in [0.25, 0.3) is 10.1 Å². The molecule has 2 aliphatic rings. The number of hydrogen-bond donors (Lipinski definition) is 1. The quantitative estimate of drug-likeness (QED) is 0.305. The third-order valence-corrected chi connectivity index (χ3v) is 8.95. The molecule has 0 saturated carbocycles. The average molecular weight is 499 g/mol. The molecule has 9 heteroatoms. The highest BCUT2D eigenvalue weighted by Gasteiger charge is 2.41. The van der Waals surface area contributed by atoms with E-state index < -0.39 is 10.1 Å². The van der Waals surface area contributed by atoms with E-state index in [4.69, 9.17) is 0 Å². The van der Waals surface area contributed by atoms with Crippen LogP contribution in [0.4, 0.5) is 16.5 Å². The van der Waals surface area contributed by atoms with Crippen molar-refractivity contribution in [2.45, 2.75) is 76.2 Å². The van der Waals surface area contributed by atoms with Gasteiger partial charge in [-0.1, -0.05) is 38.2 Å². The molecule has 1 aromatic heterocycles. The van der Waals surface area contributed by atoms with Crippen LogP contribution in [0.5, 0.6) is 0 Å². The zero-order valence-corrected chi connectivity index (χ0v) is 21.8. The van der Waals surface area contributed by atoms with Crippen molar-refractivity contribution >= 4 is 48.2 Å². The second-order valence-corrected chi connectivity index (χ2v) is 12.7. The molecule has 0 radical (unpaired) electrons. The molecule has 0 bridgehead atoms. The van der Waals surface area contributed by atoms with Gasteiger partial charge in [-0.05, 0) is 79.8 Å². The Morgan fingerprint density at radius 1 is 1.24 bits per heavy atom. The fourth-order valence-corrected chi connectivity index (χ4v) is 7.24. The van der Waals surface area contributed by atoms with Gasteiger partial charge in [-0.15, -0.1) is 10.2 Å². The molecular formula is C25H30N4O3S2. The molecular weight excluding hydrogens is 468 g/mol. The van der Waals surface area contributed by atoms with E-state index in [-0.39, 0.29) is 22.0 Å². The van der Waals surface area contributed by atoms with Crippen LogP contribution in [-0.2, 0) is 16.5 Å². The average Bonchev–Trinajstić information content (AvgIpc) is 3.16. The van der Waals surface area contributed by atoms with Crippen molar-refractivity contribution < 1.29 is 13.0 Å². The monoisotopic (exact) mass is 498 g/mol. The number of benzene rings is 2. The lowest BCUT2D eigenvalue weighted by molar-refractivity contribution is 0.365. The van der Waals surface area contributed by atoms with Crippen LogP contribution in [0.25, 0.3) is 10.2 Å². The summed E-state index contributed by atoms with van der Waals surface area (Å²) in [6.45, 7) is 11.7. The van der Waals surface area contributed by atoms with E-state index in [0.717, 1.165) is 40.9 Å². The highest BCUT2D eigenvalue weighted by atomic mass is 32.2. The maximum absolute atomic E-state index is 12.6. The summed E-state index contributed by atoms with van der Waals surface area (Å²) in [5, 5.41) is 9.13. The lowest BCUT2D eigenvalue weighted by Crippen LogP contribution is -2.50. The van der Waals surface area contributed by atoms with Crippen LogP contribution in [-0.4, -0.2) is 30.0 Å². The van der Waals surface area contributed by atoms with Gasteiger partial charge < -0.3 is 4.90 Å². The number of rotatable bonds is 4. The fourth-order valence-electron chi connectivity index (χ4n) is 5.53. The van der Waals surface area contributed by atoms with Crippen LogP contribution >= 0.6 is 11.3 Å². The molecule has 2 aliphatic heterocycles. The van der Waals surface area contributed by atoms with E-state index in [1.54, 1.807) is 6.07 Å². The molecule has 5 rings (SSSR count). The van der Waals surface area contributed by atoms with Gasteiger partial charge in [0.2, 0.25) is 5.13 Å². The smallest absolute Gasteiger partial charge is 0.297 e. The Labute approximate surface area is 204 Å². The van der Waals surface area contributed by atoms with Crippen LogP contribution in [0.1, 0.15) is 76.0 Å². The minimum atomic E-state index is -4.50. The number of nitrogens with zero attached hydrogens (tertiary/aromatic N) is 4. The highest BCUT2D eigenvalue weighted by molar-refractivity contribution is 7.86. The molecule has 180 valence electrons. The molecule has 1 atom stereocenters. The van der Waals surface area contributed by atoms with Crippen LogP contribution < -0.4 is 4.90 Å². The van der Waals surface area contributed by atoms with Gasteiger partial charge in [-0.3, -0.25) is 4.55 Å². The predicted molar refractivity (Wildman–Crippen MR) is 137 cm³/mol. The lowest BCUT2D eigenvalue weighted by Gasteiger charge is -2.50. The first-order valence-electron chi connectivity index (χ1n) is 11.7. The highest BCUT2D eigenvalue weighted by Crippen LogP contribution is 2.51.